The molecule has 1 unspecified atom stereocenters. The van der Waals surface area contributed by atoms with Crippen LogP contribution >= 0.6 is 0 Å². The van der Waals surface area contributed by atoms with Crippen molar-refractivity contribution in [1.29, 1.82) is 0 Å². The topological polar surface area (TPSA) is 51.0 Å². The van der Waals surface area contributed by atoms with Crippen LogP contribution in [0.4, 0.5) is 0 Å². The Labute approximate surface area is 127 Å². The molecule has 0 saturated carbocycles. The van der Waals surface area contributed by atoms with E-state index in [0.717, 1.165) is 24.9 Å². The van der Waals surface area contributed by atoms with Crippen LogP contribution in [0.5, 0.6) is 0 Å². The third-order valence-corrected chi connectivity index (χ3v) is 3.63. The maximum atomic E-state index is 5.41. The third-order valence-electron chi connectivity index (χ3n) is 3.63. The van der Waals surface area contributed by atoms with Crippen LogP contribution in [0.3, 0.4) is 0 Å². The Hall–Kier alpha value is -1.68. The van der Waals surface area contributed by atoms with Crippen molar-refractivity contribution in [3.63, 3.8) is 0 Å². The van der Waals surface area contributed by atoms with Gasteiger partial charge in [-0.15, -0.1) is 0 Å². The molecule has 4 heteroatoms. The van der Waals surface area contributed by atoms with Crippen molar-refractivity contribution in [1.82, 2.24) is 15.5 Å². The van der Waals surface area contributed by atoms with E-state index >= 15 is 0 Å². The molecule has 4 nitrogen and oxygen atoms in total. The van der Waals surface area contributed by atoms with Gasteiger partial charge in [0.2, 0.25) is 11.7 Å². The molecule has 0 aliphatic carbocycles. The first-order valence-corrected chi connectivity index (χ1v) is 7.73. The van der Waals surface area contributed by atoms with Crippen molar-refractivity contribution in [3.05, 3.63) is 35.7 Å². The summed E-state index contributed by atoms with van der Waals surface area (Å²) in [6, 6.07) is 8.55. The molecule has 2 aromatic rings. The maximum absolute atomic E-state index is 5.41. The van der Waals surface area contributed by atoms with E-state index < -0.39 is 0 Å². The Morgan fingerprint density at radius 3 is 2.52 bits per heavy atom. The number of hydrogen-bond acceptors (Lipinski definition) is 4. The second-order valence-electron chi connectivity index (χ2n) is 5.89. The lowest BCUT2D eigenvalue weighted by Gasteiger charge is -2.20. The van der Waals surface area contributed by atoms with Gasteiger partial charge >= 0.3 is 0 Å². The minimum absolute atomic E-state index is 0.372. The molecule has 1 aromatic heterocycles. The predicted octanol–water partition coefficient (Wildman–Crippen LogP) is 3.61. The highest BCUT2D eigenvalue weighted by atomic mass is 16.5. The van der Waals surface area contributed by atoms with E-state index in [-0.39, 0.29) is 0 Å². The highest BCUT2D eigenvalue weighted by molar-refractivity contribution is 5.54. The summed E-state index contributed by atoms with van der Waals surface area (Å²) >= 11 is 0. The van der Waals surface area contributed by atoms with Crippen LogP contribution in [0, 0.1) is 12.8 Å². The molecule has 0 radical (unpaired) electrons. The zero-order chi connectivity index (χ0) is 15.2. The second-order valence-corrected chi connectivity index (χ2v) is 5.89. The van der Waals surface area contributed by atoms with Crippen molar-refractivity contribution in [3.8, 4) is 11.4 Å². The Balaban J connectivity index is 2.06. The summed E-state index contributed by atoms with van der Waals surface area (Å²) in [6.45, 7) is 9.68. The van der Waals surface area contributed by atoms with E-state index in [1.54, 1.807) is 0 Å². The van der Waals surface area contributed by atoms with Gasteiger partial charge in [-0.25, -0.2) is 0 Å². The molecule has 0 saturated heterocycles. The van der Waals surface area contributed by atoms with Crippen molar-refractivity contribution < 1.29 is 4.52 Å². The van der Waals surface area contributed by atoms with Gasteiger partial charge in [-0.1, -0.05) is 55.8 Å². The molecule has 1 heterocycles. The molecule has 1 aromatic carbocycles. The van der Waals surface area contributed by atoms with E-state index in [9.17, 15) is 0 Å². The predicted molar refractivity (Wildman–Crippen MR) is 85.1 cm³/mol. The van der Waals surface area contributed by atoms with Gasteiger partial charge in [-0.3, -0.25) is 0 Å². The molecule has 0 spiro atoms. The normalized spacial score (nSPS) is 12.8. The van der Waals surface area contributed by atoms with Crippen LogP contribution in [0.1, 0.15) is 38.6 Å². The first-order chi connectivity index (χ1) is 10.1. The lowest BCUT2D eigenvalue weighted by Crippen LogP contribution is -2.36. The zero-order valence-electron chi connectivity index (χ0n) is 13.4. The van der Waals surface area contributed by atoms with E-state index in [1.807, 2.05) is 12.1 Å². The summed E-state index contributed by atoms with van der Waals surface area (Å²) < 4.78 is 5.41. The van der Waals surface area contributed by atoms with E-state index in [1.165, 1.54) is 5.56 Å². The van der Waals surface area contributed by atoms with E-state index in [0.29, 0.717) is 23.7 Å². The number of rotatable bonds is 7. The molecule has 1 atom stereocenters. The highest BCUT2D eigenvalue weighted by Gasteiger charge is 2.17. The zero-order valence-corrected chi connectivity index (χ0v) is 13.4. The third kappa shape index (κ3) is 4.39. The van der Waals surface area contributed by atoms with Gasteiger partial charge in [0.15, 0.2) is 0 Å². The molecule has 2 rings (SSSR count). The Morgan fingerprint density at radius 1 is 1.19 bits per heavy atom. The van der Waals surface area contributed by atoms with Gasteiger partial charge in [0, 0.05) is 18.0 Å². The lowest BCUT2D eigenvalue weighted by molar-refractivity contribution is 0.326. The van der Waals surface area contributed by atoms with Crippen LogP contribution in [-0.2, 0) is 6.42 Å². The van der Waals surface area contributed by atoms with E-state index in [2.05, 4.69) is 55.3 Å². The standard InChI is InChI=1S/C17H25N3O/c1-5-10-18-15(12(2)3)11-16-19-17(20-21-16)14-8-6-13(4)7-9-14/h6-9,12,15,18H,5,10-11H2,1-4H3. The lowest BCUT2D eigenvalue weighted by atomic mass is 10.0. The molecular formula is C17H25N3O. The summed E-state index contributed by atoms with van der Waals surface area (Å²) in [5.74, 6) is 1.90. The fraction of sp³-hybridized carbons (Fsp3) is 0.529. The molecule has 21 heavy (non-hydrogen) atoms. The van der Waals surface area contributed by atoms with Gasteiger partial charge in [-0.05, 0) is 25.8 Å². The minimum Gasteiger partial charge on any atom is -0.339 e. The average molecular weight is 287 g/mol. The quantitative estimate of drug-likeness (QED) is 0.845. The van der Waals surface area contributed by atoms with Crippen molar-refractivity contribution in [2.24, 2.45) is 5.92 Å². The number of aryl methyl sites for hydroxylation is 1. The summed E-state index contributed by atoms with van der Waals surface area (Å²) in [4.78, 5) is 4.52. The van der Waals surface area contributed by atoms with Crippen molar-refractivity contribution >= 4 is 0 Å². The molecule has 0 bridgehead atoms. The maximum Gasteiger partial charge on any atom is 0.228 e. The number of benzene rings is 1. The Morgan fingerprint density at radius 2 is 1.90 bits per heavy atom. The van der Waals surface area contributed by atoms with Crippen LogP contribution in [0.2, 0.25) is 0 Å². The Kier molecular flexibility index (Phi) is 5.51. The summed E-state index contributed by atoms with van der Waals surface area (Å²) in [6.07, 6.45) is 1.90. The van der Waals surface area contributed by atoms with Crippen LogP contribution < -0.4 is 5.32 Å². The highest BCUT2D eigenvalue weighted by Crippen LogP contribution is 2.17. The molecular weight excluding hydrogens is 262 g/mol. The van der Waals surface area contributed by atoms with Gasteiger partial charge in [0.25, 0.3) is 0 Å². The summed E-state index contributed by atoms with van der Waals surface area (Å²) in [7, 11) is 0. The van der Waals surface area contributed by atoms with E-state index in [4.69, 9.17) is 4.52 Å². The second kappa shape index (κ2) is 7.36. The Bertz CT molecular complexity index is 545. The largest absolute Gasteiger partial charge is 0.339 e. The molecule has 0 aliphatic rings. The fourth-order valence-corrected chi connectivity index (χ4v) is 2.22. The molecule has 114 valence electrons. The van der Waals surface area contributed by atoms with Crippen LogP contribution in [-0.4, -0.2) is 22.7 Å². The van der Waals surface area contributed by atoms with Gasteiger partial charge in [-0.2, -0.15) is 4.98 Å². The fourth-order valence-electron chi connectivity index (χ4n) is 2.22. The van der Waals surface area contributed by atoms with Crippen LogP contribution in [0.25, 0.3) is 11.4 Å². The van der Waals surface area contributed by atoms with Gasteiger partial charge in [0.05, 0.1) is 0 Å². The first kappa shape index (κ1) is 15.7. The minimum atomic E-state index is 0.372. The molecule has 0 aliphatic heterocycles. The molecule has 0 amide bonds. The van der Waals surface area contributed by atoms with Gasteiger partial charge in [0.1, 0.15) is 0 Å². The SMILES string of the molecule is CCCNC(Cc1nc(-c2ccc(C)cc2)no1)C(C)C. The number of hydrogen-bond donors (Lipinski definition) is 1. The number of aromatic nitrogens is 2. The molecule has 1 N–H and O–H groups in total. The van der Waals surface area contributed by atoms with Crippen LogP contribution in [0.15, 0.2) is 28.8 Å². The smallest absolute Gasteiger partial charge is 0.228 e. The summed E-state index contributed by atoms with van der Waals surface area (Å²) in [5, 5.41) is 7.64. The van der Waals surface area contributed by atoms with Gasteiger partial charge < -0.3 is 9.84 Å². The first-order valence-electron chi connectivity index (χ1n) is 7.73. The average Bonchev–Trinajstić information content (AvgIpc) is 2.92. The summed E-state index contributed by atoms with van der Waals surface area (Å²) in [5.41, 5.74) is 2.23. The molecule has 0 fully saturated rings. The monoisotopic (exact) mass is 287 g/mol. The number of nitrogens with zero attached hydrogens (tertiary/aromatic N) is 2. The van der Waals surface area contributed by atoms with Crippen molar-refractivity contribution in [2.45, 2.75) is 46.6 Å². The van der Waals surface area contributed by atoms with Crippen molar-refractivity contribution in [2.75, 3.05) is 6.54 Å². The number of nitrogens with one attached hydrogen (secondary N) is 1.